The molecule has 2 aromatic rings. The van der Waals surface area contributed by atoms with Crippen molar-refractivity contribution >= 4 is 23.2 Å². The van der Waals surface area contributed by atoms with E-state index in [9.17, 15) is 4.79 Å². The van der Waals surface area contributed by atoms with Gasteiger partial charge in [0, 0.05) is 24.7 Å². The number of methoxy groups -OCH3 is 1. The molecule has 1 aromatic heterocycles. The minimum Gasteiger partial charge on any atom is -0.481 e. The topological polar surface area (TPSA) is 56.1 Å². The third-order valence-corrected chi connectivity index (χ3v) is 2.95. The number of aryl methyl sites for hydroxylation is 1. The zero-order valence-electron chi connectivity index (χ0n) is 10.7. The second kappa shape index (κ2) is 5.75. The van der Waals surface area contributed by atoms with Gasteiger partial charge in [-0.25, -0.2) is 4.68 Å². The summed E-state index contributed by atoms with van der Waals surface area (Å²) in [6.45, 7) is 0. The molecule has 0 saturated heterocycles. The number of nitrogens with one attached hydrogen (secondary N) is 1. The lowest BCUT2D eigenvalue weighted by Crippen LogP contribution is -2.12. The summed E-state index contributed by atoms with van der Waals surface area (Å²) in [6, 6.07) is 8.91. The van der Waals surface area contributed by atoms with Crippen molar-refractivity contribution in [1.82, 2.24) is 9.78 Å². The molecule has 1 N–H and O–H groups in total. The fourth-order valence-corrected chi connectivity index (χ4v) is 1.80. The average molecular weight is 280 g/mol. The normalized spacial score (nSPS) is 10.3. The SMILES string of the molecule is COc1cc(C(=O)Nc2ccc(CCl)cc2)nn1C. The van der Waals surface area contributed by atoms with Crippen molar-refractivity contribution in [2.24, 2.45) is 7.05 Å². The Hall–Kier alpha value is -2.01. The van der Waals surface area contributed by atoms with Crippen LogP contribution in [0.3, 0.4) is 0 Å². The summed E-state index contributed by atoms with van der Waals surface area (Å²) in [4.78, 5) is 12.0. The first kappa shape index (κ1) is 13.4. The summed E-state index contributed by atoms with van der Waals surface area (Å²) in [5.41, 5.74) is 2.00. The first-order valence-electron chi connectivity index (χ1n) is 5.68. The number of benzene rings is 1. The van der Waals surface area contributed by atoms with Gasteiger partial charge in [-0.3, -0.25) is 4.79 Å². The Kier molecular flexibility index (Phi) is 4.06. The first-order chi connectivity index (χ1) is 9.13. The Labute approximate surface area is 116 Å². The molecule has 0 unspecified atom stereocenters. The molecule has 0 fully saturated rings. The number of hydrogen-bond acceptors (Lipinski definition) is 3. The van der Waals surface area contributed by atoms with Crippen LogP contribution < -0.4 is 10.1 Å². The summed E-state index contributed by atoms with van der Waals surface area (Å²) in [6.07, 6.45) is 0. The van der Waals surface area contributed by atoms with Crippen LogP contribution in [0.2, 0.25) is 0 Å². The largest absolute Gasteiger partial charge is 0.481 e. The van der Waals surface area contributed by atoms with E-state index in [2.05, 4.69) is 10.4 Å². The van der Waals surface area contributed by atoms with E-state index in [1.54, 1.807) is 25.2 Å². The molecule has 0 bridgehead atoms. The molecule has 0 spiro atoms. The maximum absolute atomic E-state index is 12.0. The summed E-state index contributed by atoms with van der Waals surface area (Å²) < 4.78 is 6.57. The summed E-state index contributed by atoms with van der Waals surface area (Å²) in [7, 11) is 3.24. The smallest absolute Gasteiger partial charge is 0.276 e. The molecule has 0 aliphatic rings. The maximum Gasteiger partial charge on any atom is 0.276 e. The highest BCUT2D eigenvalue weighted by Gasteiger charge is 2.13. The third-order valence-electron chi connectivity index (χ3n) is 2.64. The highest BCUT2D eigenvalue weighted by Crippen LogP contribution is 2.15. The average Bonchev–Trinajstić information content (AvgIpc) is 2.81. The van der Waals surface area contributed by atoms with Crippen LogP contribution in [0.1, 0.15) is 16.1 Å². The van der Waals surface area contributed by atoms with E-state index in [0.29, 0.717) is 23.1 Å². The number of aromatic nitrogens is 2. The molecule has 2 rings (SSSR count). The predicted molar refractivity (Wildman–Crippen MR) is 73.7 cm³/mol. The Balaban J connectivity index is 2.11. The van der Waals surface area contributed by atoms with Crippen LogP contribution in [0.4, 0.5) is 5.69 Å². The lowest BCUT2D eigenvalue weighted by molar-refractivity contribution is 0.102. The van der Waals surface area contributed by atoms with Gasteiger partial charge < -0.3 is 10.1 Å². The Morgan fingerprint density at radius 1 is 1.42 bits per heavy atom. The number of rotatable bonds is 4. The van der Waals surface area contributed by atoms with Crippen molar-refractivity contribution in [3.63, 3.8) is 0 Å². The van der Waals surface area contributed by atoms with Crippen LogP contribution in [0.15, 0.2) is 30.3 Å². The molecule has 1 heterocycles. The predicted octanol–water partition coefficient (Wildman–Crippen LogP) is 2.42. The number of carbonyl (C=O) groups is 1. The van der Waals surface area contributed by atoms with Crippen LogP contribution in [-0.4, -0.2) is 22.8 Å². The quantitative estimate of drug-likeness (QED) is 0.875. The van der Waals surface area contributed by atoms with Gasteiger partial charge in [-0.2, -0.15) is 5.10 Å². The molecule has 1 amide bonds. The summed E-state index contributed by atoms with van der Waals surface area (Å²) in [5.74, 6) is 0.700. The van der Waals surface area contributed by atoms with E-state index in [1.807, 2.05) is 12.1 Å². The molecule has 1 aromatic carbocycles. The molecule has 19 heavy (non-hydrogen) atoms. The highest BCUT2D eigenvalue weighted by atomic mass is 35.5. The zero-order chi connectivity index (χ0) is 13.8. The second-order valence-corrected chi connectivity index (χ2v) is 4.25. The Bertz CT molecular complexity index is 578. The minimum atomic E-state index is -0.280. The van der Waals surface area contributed by atoms with E-state index in [1.165, 1.54) is 11.8 Å². The fraction of sp³-hybridized carbons (Fsp3) is 0.231. The van der Waals surface area contributed by atoms with Crippen LogP contribution in [0.5, 0.6) is 5.88 Å². The molecule has 0 atom stereocenters. The van der Waals surface area contributed by atoms with Crippen LogP contribution in [-0.2, 0) is 12.9 Å². The third kappa shape index (κ3) is 3.06. The zero-order valence-corrected chi connectivity index (χ0v) is 11.4. The maximum atomic E-state index is 12.0. The number of ether oxygens (including phenoxy) is 1. The van der Waals surface area contributed by atoms with Crippen LogP contribution in [0, 0.1) is 0 Å². The number of hydrogen-bond donors (Lipinski definition) is 1. The number of nitrogens with zero attached hydrogens (tertiary/aromatic N) is 2. The van der Waals surface area contributed by atoms with E-state index in [-0.39, 0.29) is 5.91 Å². The number of amides is 1. The van der Waals surface area contributed by atoms with Gasteiger partial charge in [0.25, 0.3) is 5.91 Å². The summed E-state index contributed by atoms with van der Waals surface area (Å²) >= 11 is 5.70. The number of alkyl halides is 1. The van der Waals surface area contributed by atoms with Gasteiger partial charge in [0.15, 0.2) is 5.69 Å². The van der Waals surface area contributed by atoms with E-state index >= 15 is 0 Å². The Morgan fingerprint density at radius 2 is 2.11 bits per heavy atom. The van der Waals surface area contributed by atoms with Gasteiger partial charge in [-0.1, -0.05) is 12.1 Å². The van der Waals surface area contributed by atoms with Crippen molar-refractivity contribution in [2.45, 2.75) is 5.88 Å². The monoisotopic (exact) mass is 279 g/mol. The van der Waals surface area contributed by atoms with Crippen LogP contribution >= 0.6 is 11.6 Å². The van der Waals surface area contributed by atoms with Gasteiger partial charge in [-0.05, 0) is 17.7 Å². The highest BCUT2D eigenvalue weighted by molar-refractivity contribution is 6.17. The van der Waals surface area contributed by atoms with Crippen molar-refractivity contribution in [3.8, 4) is 5.88 Å². The molecule has 100 valence electrons. The second-order valence-electron chi connectivity index (χ2n) is 3.98. The lowest BCUT2D eigenvalue weighted by atomic mass is 10.2. The fourth-order valence-electron chi connectivity index (χ4n) is 1.62. The molecule has 5 nitrogen and oxygen atoms in total. The van der Waals surface area contributed by atoms with Gasteiger partial charge in [-0.15, -0.1) is 11.6 Å². The minimum absolute atomic E-state index is 0.280. The molecular formula is C13H14ClN3O2. The van der Waals surface area contributed by atoms with Crippen molar-refractivity contribution in [1.29, 1.82) is 0 Å². The summed E-state index contributed by atoms with van der Waals surface area (Å²) in [5, 5.41) is 6.83. The van der Waals surface area contributed by atoms with Gasteiger partial charge in [0.2, 0.25) is 5.88 Å². The standard InChI is InChI=1S/C13H14ClN3O2/c1-17-12(19-2)7-11(16-17)13(18)15-10-5-3-9(8-14)4-6-10/h3-7H,8H2,1-2H3,(H,15,18). The molecular weight excluding hydrogens is 266 g/mol. The number of anilines is 1. The van der Waals surface area contributed by atoms with Gasteiger partial charge in [0.1, 0.15) is 0 Å². The first-order valence-corrected chi connectivity index (χ1v) is 6.21. The molecule has 0 aliphatic carbocycles. The Morgan fingerprint density at radius 3 is 2.63 bits per heavy atom. The van der Waals surface area contributed by atoms with Crippen molar-refractivity contribution in [3.05, 3.63) is 41.6 Å². The van der Waals surface area contributed by atoms with Gasteiger partial charge >= 0.3 is 0 Å². The van der Waals surface area contributed by atoms with E-state index in [0.717, 1.165) is 5.56 Å². The van der Waals surface area contributed by atoms with E-state index in [4.69, 9.17) is 16.3 Å². The van der Waals surface area contributed by atoms with E-state index < -0.39 is 0 Å². The molecule has 0 radical (unpaired) electrons. The van der Waals surface area contributed by atoms with Crippen LogP contribution in [0.25, 0.3) is 0 Å². The van der Waals surface area contributed by atoms with Gasteiger partial charge in [0.05, 0.1) is 7.11 Å². The molecule has 0 saturated carbocycles. The molecule has 0 aliphatic heterocycles. The number of halogens is 1. The van der Waals surface area contributed by atoms with Crippen molar-refractivity contribution < 1.29 is 9.53 Å². The van der Waals surface area contributed by atoms with Crippen molar-refractivity contribution in [2.75, 3.05) is 12.4 Å². The number of carbonyl (C=O) groups excluding carboxylic acids is 1. The lowest BCUT2D eigenvalue weighted by Gasteiger charge is -2.03. The molecule has 6 heteroatoms.